The Labute approximate surface area is 380 Å². The Morgan fingerprint density at radius 1 is 0.565 bits per heavy atom. The molecule has 4 nitrogen and oxygen atoms in total. The van der Waals surface area contributed by atoms with Crippen molar-refractivity contribution >= 4 is 79.1 Å². The Bertz CT molecular complexity index is 1890. The number of aryl methyl sites for hydroxylation is 3. The molecule has 0 heterocycles. The molecule has 3 aromatic rings. The monoisotopic (exact) mass is 1130 g/mol. The average Bonchev–Trinajstić information content (AvgIpc) is 3.06. The van der Waals surface area contributed by atoms with Crippen LogP contribution in [0.25, 0.3) is 0 Å². The minimum Gasteiger partial charge on any atom is -0.358 e. The molecule has 351 valence electrons. The molecule has 0 saturated carbocycles. The molecule has 1 N–H and O–H groups in total. The number of thioether (sulfide) groups is 1. The predicted molar refractivity (Wildman–Crippen MR) is 204 cm³/mol. The van der Waals surface area contributed by atoms with E-state index in [1.54, 1.807) is 0 Å². The van der Waals surface area contributed by atoms with Crippen LogP contribution >= 0.6 is 55.9 Å². The van der Waals surface area contributed by atoms with Gasteiger partial charge in [-0.3, -0.25) is 14.4 Å². The van der Waals surface area contributed by atoms with Crippen LogP contribution in [0.4, 0.5) is 84.7 Å². The van der Waals surface area contributed by atoms with Crippen molar-refractivity contribution < 1.29 is 112 Å². The number of carbonyl (C=O) groups excluding carboxylic acids is 3. The number of benzene rings is 3. The second kappa shape index (κ2) is 25.9. The number of hydrogen-bond donors (Lipinski definition) is 1. The molecule has 1 radical (unpaired) electrons. The number of carbonyl (C=O) groups is 3. The molecule has 0 saturated heterocycles. The molecule has 0 aliphatic carbocycles. The second-order valence-electron chi connectivity index (χ2n) is 11.5. The van der Waals surface area contributed by atoms with E-state index in [2.05, 4.69) is 0 Å². The molecule has 0 aromatic heterocycles. The van der Waals surface area contributed by atoms with Crippen LogP contribution in [-0.2, 0) is 45.8 Å². The van der Waals surface area contributed by atoms with Gasteiger partial charge in [0.15, 0.2) is 0 Å². The van der Waals surface area contributed by atoms with Crippen molar-refractivity contribution in [3.63, 3.8) is 0 Å². The molecule has 3 rings (SSSR count). The summed E-state index contributed by atoms with van der Waals surface area (Å²) in [4.78, 5) is 33.6. The van der Waals surface area contributed by atoms with Gasteiger partial charge in [-0.1, -0.05) is 51.6 Å². The summed E-state index contributed by atoms with van der Waals surface area (Å²) in [7, 11) is 1.81. The molecular formula is C35H31F18INO3S3V-. The molecule has 1 amide bonds. The summed E-state index contributed by atoms with van der Waals surface area (Å²) in [5.41, 5.74) is -0.980. The third kappa shape index (κ3) is 23.0. The Morgan fingerprint density at radius 2 is 0.903 bits per heavy atom. The molecule has 0 unspecified atom stereocenters. The maximum atomic E-state index is 14.0. The first-order chi connectivity index (χ1) is 26.5. The maximum Gasteiger partial charge on any atom is 0.471 e. The predicted octanol–water partition coefficient (Wildman–Crippen LogP) is 14.1. The van der Waals surface area contributed by atoms with Crippen LogP contribution < -0.4 is 5.32 Å². The van der Waals surface area contributed by atoms with Crippen LogP contribution in [0.15, 0.2) is 51.1 Å². The zero-order valence-electron chi connectivity index (χ0n) is 30.9. The number of Topliss-reactive ketones (excluding diaryl/α,β-unsaturated/α-hetero) is 2. The van der Waals surface area contributed by atoms with Gasteiger partial charge in [-0.05, 0) is 85.0 Å². The zero-order valence-corrected chi connectivity index (χ0v) is 36.9. The third-order valence-corrected chi connectivity index (χ3v) is 11.3. The number of hydrogen-bond acceptors (Lipinski definition) is 6. The van der Waals surface area contributed by atoms with Crippen LogP contribution in [0.5, 0.6) is 0 Å². The fourth-order valence-corrected chi connectivity index (χ4v) is 7.10. The van der Waals surface area contributed by atoms with Gasteiger partial charge in [-0.15, -0.1) is 11.8 Å². The smallest absolute Gasteiger partial charge is 0.358 e. The quantitative estimate of drug-likeness (QED) is 0.0545. The fraction of sp³-hybridized carbons (Fsp3) is 0.371. The van der Waals surface area contributed by atoms with Gasteiger partial charge in [0.1, 0.15) is 17.5 Å². The topological polar surface area (TPSA) is 63.2 Å². The summed E-state index contributed by atoms with van der Waals surface area (Å²) in [6.07, 6.45) is -26.3. The molecule has 62 heavy (non-hydrogen) atoms. The minimum absolute atomic E-state index is 0. The normalized spacial score (nSPS) is 11.6. The molecule has 0 aliphatic heterocycles. The molecule has 0 fully saturated rings. The Kier molecular flexibility index (Phi) is 26.7. The number of alkyl halides is 16. The van der Waals surface area contributed by atoms with E-state index in [9.17, 15) is 93.4 Å². The summed E-state index contributed by atoms with van der Waals surface area (Å²) in [6, 6.07) is 5.56. The zero-order chi connectivity index (χ0) is 46.1. The molecule has 3 aromatic carbocycles. The van der Waals surface area contributed by atoms with Gasteiger partial charge < -0.3 is 12.7 Å². The number of ketones is 2. The summed E-state index contributed by atoms with van der Waals surface area (Å²) < 4.78 is 221. The third-order valence-electron chi connectivity index (χ3n) is 6.56. The molecule has 0 atom stereocenters. The van der Waals surface area contributed by atoms with Crippen LogP contribution in [-0.4, -0.2) is 58.5 Å². The Hall–Kier alpha value is -2.43. The Morgan fingerprint density at radius 3 is 1.24 bits per heavy atom. The van der Waals surface area contributed by atoms with Crippen molar-refractivity contribution in [2.75, 3.05) is 15.5 Å². The molecular weight excluding hydrogens is 1100 g/mol. The van der Waals surface area contributed by atoms with Crippen molar-refractivity contribution in [3.05, 3.63) is 89.1 Å². The van der Waals surface area contributed by atoms with E-state index in [0.29, 0.717) is 22.9 Å². The summed E-state index contributed by atoms with van der Waals surface area (Å²) in [5.74, 6) is -11.0. The summed E-state index contributed by atoms with van der Waals surface area (Å²) >= 11 is 1.60. The van der Waals surface area contributed by atoms with E-state index in [-0.39, 0.29) is 53.7 Å². The van der Waals surface area contributed by atoms with E-state index in [1.807, 2.05) is 0 Å². The van der Waals surface area contributed by atoms with E-state index in [1.165, 1.54) is 48.7 Å². The van der Waals surface area contributed by atoms with Crippen molar-refractivity contribution in [1.82, 2.24) is 0 Å². The van der Waals surface area contributed by atoms with Gasteiger partial charge in [-0.2, -0.15) is 65.9 Å². The van der Waals surface area contributed by atoms with E-state index < -0.39 is 106 Å². The standard InChI is InChI=1S/C19H13F8NO2S2.C12H9F7OS.C2H2F3I.CH4.CH3.V/c1-8-3-11(20)10(6-16(29)18(22,23)24)5-14(8)31-32-15-7-13(12(21)4-9(15)2)28-17(30)19(25,26)27;1-6-2-8(13)7(4-10(20)12(17,18)19)3-9(6)21-5-11(14,15)16;3-2(4,5)1-6;;;/h3-5,7H,6H2,1-2H3,(H,28,30);2-3H,4-5H2,1H3;1H2;1H4;1H3;/q;;;;-1;. The minimum atomic E-state index is -5.23. The number of nitrogens with one attached hydrogen (secondary N) is 1. The average molecular weight is 1130 g/mol. The van der Waals surface area contributed by atoms with E-state index in [0.717, 1.165) is 58.0 Å². The number of amides is 1. The SMILES string of the molecule is C.Cc1cc(F)c(CC(=O)C(F)(F)F)cc1SCC(F)(F)F.Cc1cc(F)c(CC(=O)C(F)(F)F)cc1SSc1cc(NC(=O)C(F)(F)F)c(F)cc1C.FC(F)(F)CI.[CH3-].[V]. The van der Waals surface area contributed by atoms with Gasteiger partial charge in [0.25, 0.3) is 0 Å². The first-order valence-corrected chi connectivity index (χ1v) is 19.8. The van der Waals surface area contributed by atoms with Crippen molar-refractivity contribution in [3.8, 4) is 0 Å². The fourth-order valence-electron chi connectivity index (χ4n) is 3.73. The van der Waals surface area contributed by atoms with Crippen LogP contribution in [0.2, 0.25) is 0 Å². The number of halogens is 19. The van der Waals surface area contributed by atoms with Gasteiger partial charge in [-0.25, -0.2) is 13.2 Å². The van der Waals surface area contributed by atoms with Gasteiger partial charge in [0, 0.05) is 46.1 Å². The molecule has 27 heteroatoms. The van der Waals surface area contributed by atoms with Gasteiger partial charge in [0.05, 0.1) is 15.9 Å². The molecule has 0 aliphatic rings. The van der Waals surface area contributed by atoms with Crippen molar-refractivity contribution in [2.45, 2.75) is 86.6 Å². The molecule has 0 bridgehead atoms. The summed E-state index contributed by atoms with van der Waals surface area (Å²) in [5, 5.41) is 1.42. The van der Waals surface area contributed by atoms with E-state index >= 15 is 0 Å². The number of anilines is 1. The maximum absolute atomic E-state index is 14.0. The summed E-state index contributed by atoms with van der Waals surface area (Å²) in [6.45, 7) is 4.25. The van der Waals surface area contributed by atoms with Crippen molar-refractivity contribution in [1.29, 1.82) is 0 Å². The first kappa shape index (κ1) is 63.9. The van der Waals surface area contributed by atoms with Gasteiger partial charge in [0.2, 0.25) is 11.6 Å². The van der Waals surface area contributed by atoms with Crippen LogP contribution in [0.1, 0.15) is 35.2 Å². The molecule has 0 spiro atoms. The largest absolute Gasteiger partial charge is 0.471 e. The number of rotatable bonds is 10. The first-order valence-electron chi connectivity index (χ1n) is 15.2. The van der Waals surface area contributed by atoms with Gasteiger partial charge >= 0.3 is 36.8 Å². The second-order valence-corrected chi connectivity index (χ2v) is 15.5. The van der Waals surface area contributed by atoms with Crippen molar-refractivity contribution in [2.24, 2.45) is 0 Å². The van der Waals surface area contributed by atoms with Crippen LogP contribution in [0.3, 0.4) is 0 Å². The Balaban J connectivity index is -0.00000100. The van der Waals surface area contributed by atoms with Crippen LogP contribution in [0, 0.1) is 45.6 Å². The van der Waals surface area contributed by atoms with E-state index in [4.69, 9.17) is 0 Å².